The van der Waals surface area contributed by atoms with Crippen molar-refractivity contribution >= 4 is 24.1 Å². The Labute approximate surface area is 220 Å². The first kappa shape index (κ1) is 26.4. The maximum Gasteiger partial charge on any atom is 0.226 e. The molecule has 1 nitrogen and oxygen atoms in total. The largest absolute Gasteiger partial charge is 0.226 e. The van der Waals surface area contributed by atoms with Crippen molar-refractivity contribution in [2.24, 2.45) is 0 Å². The van der Waals surface area contributed by atoms with E-state index in [0.29, 0.717) is 0 Å². The Morgan fingerprint density at radius 1 is 0.436 bits per heavy atom. The van der Waals surface area contributed by atoms with Gasteiger partial charge in [0.1, 0.15) is 0 Å². The summed E-state index contributed by atoms with van der Waals surface area (Å²) in [6.45, 7) is 0. The summed E-state index contributed by atoms with van der Waals surface area (Å²) in [6.07, 6.45) is 2.20. The Morgan fingerprint density at radius 2 is 0.872 bits per heavy atom. The third kappa shape index (κ3) is 6.44. The van der Waals surface area contributed by atoms with E-state index < -0.39 is 7.81 Å². The zero-order valence-corrected chi connectivity index (χ0v) is 21.3. The number of halogens is 6. The first-order chi connectivity index (χ1) is 18.4. The summed E-state index contributed by atoms with van der Waals surface area (Å²) >= 11 is 0. The molecule has 0 radical (unpaired) electrons. The number of benzene rings is 4. The Hall–Kier alpha value is -4.22. The van der Waals surface area contributed by atoms with Crippen LogP contribution in [0, 0.1) is 0 Å². The van der Waals surface area contributed by atoms with Gasteiger partial charge in [-0.05, 0) is 35.4 Å². The van der Waals surface area contributed by atoms with Crippen LogP contribution in [-0.2, 0) is 0 Å². The zero-order valence-electron chi connectivity index (χ0n) is 20.4. The summed E-state index contributed by atoms with van der Waals surface area (Å²) in [5, 5.41) is 2.52. The summed E-state index contributed by atoms with van der Waals surface area (Å²) in [4.78, 5) is 0. The predicted molar refractivity (Wildman–Crippen MR) is 147 cm³/mol. The van der Waals surface area contributed by atoms with E-state index in [1.165, 1.54) is 49.8 Å². The summed E-state index contributed by atoms with van der Waals surface area (Å²) in [7, 11) is -10.7. The molecule has 6 rings (SSSR count). The Balaban J connectivity index is 0.000000392. The second kappa shape index (κ2) is 9.21. The molecule has 6 aromatic rings. The third-order valence-electron chi connectivity index (χ3n) is 6.12. The molecule has 0 aliphatic rings. The van der Waals surface area contributed by atoms with Crippen LogP contribution in [-0.4, -0.2) is 0 Å². The molecule has 198 valence electrons. The van der Waals surface area contributed by atoms with Gasteiger partial charge in [-0.3, -0.25) is 0 Å². The topological polar surface area (TPSA) is 4.10 Å². The number of fused-ring (bicyclic) bond motifs is 3. The molecule has 0 unspecified atom stereocenters. The molecule has 0 N–H and O–H groups in total. The van der Waals surface area contributed by atoms with Gasteiger partial charge in [-0.25, -0.2) is 0 Å². The average molecular weight is 553 g/mol. The fourth-order valence-electron chi connectivity index (χ4n) is 4.75. The second-order valence-electron chi connectivity index (χ2n) is 8.97. The van der Waals surface area contributed by atoms with Crippen LogP contribution in [0.25, 0.3) is 49.8 Å². The molecule has 0 saturated heterocycles. The van der Waals surface area contributed by atoms with Crippen LogP contribution in [0.2, 0.25) is 0 Å². The molecule has 2 heterocycles. The minimum atomic E-state index is -10.7. The quantitative estimate of drug-likeness (QED) is 0.0889. The van der Waals surface area contributed by atoms with Gasteiger partial charge in [-0.1, -0.05) is 97.1 Å². The zero-order chi connectivity index (χ0) is 27.7. The van der Waals surface area contributed by atoms with Crippen molar-refractivity contribution < 1.29 is 29.6 Å². The van der Waals surface area contributed by atoms with Crippen molar-refractivity contribution in [1.82, 2.24) is 0 Å². The van der Waals surface area contributed by atoms with Crippen LogP contribution in [0.15, 0.2) is 134 Å². The van der Waals surface area contributed by atoms with E-state index in [0.717, 1.165) is 0 Å². The SMILES string of the molecule is F[P-](F)(F)(F)(F)F.c1ccc(-c2c(-c3ccccc3)[n+]3cccc(-c4ccccc4)c3c3ccccc23)cc1. The number of pyridine rings is 2. The molecule has 0 saturated carbocycles. The molecule has 8 heteroatoms. The van der Waals surface area contributed by atoms with E-state index in [1.54, 1.807) is 0 Å². The average Bonchev–Trinajstić information content (AvgIpc) is 2.91. The summed E-state index contributed by atoms with van der Waals surface area (Å²) in [5.74, 6) is 0. The van der Waals surface area contributed by atoms with Gasteiger partial charge in [0.15, 0.2) is 6.20 Å². The van der Waals surface area contributed by atoms with Gasteiger partial charge in [0.2, 0.25) is 11.2 Å². The molecular weight excluding hydrogens is 531 g/mol. The molecule has 0 aliphatic heterocycles. The van der Waals surface area contributed by atoms with Crippen LogP contribution in [0.4, 0.5) is 25.2 Å². The van der Waals surface area contributed by atoms with E-state index in [2.05, 4.69) is 138 Å². The Morgan fingerprint density at radius 3 is 1.41 bits per heavy atom. The maximum absolute atomic E-state index is 10.7. The second-order valence-corrected chi connectivity index (χ2v) is 10.9. The monoisotopic (exact) mass is 553 g/mol. The van der Waals surface area contributed by atoms with E-state index >= 15 is 0 Å². The van der Waals surface area contributed by atoms with Crippen molar-refractivity contribution in [3.63, 3.8) is 0 Å². The van der Waals surface area contributed by atoms with Crippen molar-refractivity contribution in [2.45, 2.75) is 0 Å². The van der Waals surface area contributed by atoms with Crippen LogP contribution in [0.1, 0.15) is 0 Å². The number of aromatic nitrogens is 1. The van der Waals surface area contributed by atoms with Crippen LogP contribution >= 0.6 is 7.81 Å². The smallest absolute Gasteiger partial charge is 0.158 e. The molecular formula is C31H22F6NP. The Bertz CT molecular complexity index is 1760. The van der Waals surface area contributed by atoms with E-state index in [-0.39, 0.29) is 0 Å². The van der Waals surface area contributed by atoms with Crippen molar-refractivity contribution in [3.05, 3.63) is 134 Å². The molecule has 0 aliphatic carbocycles. The molecule has 4 aromatic carbocycles. The fourth-order valence-corrected chi connectivity index (χ4v) is 4.75. The first-order valence-corrected chi connectivity index (χ1v) is 14.0. The van der Waals surface area contributed by atoms with Gasteiger partial charge in [-0.2, -0.15) is 4.40 Å². The number of nitrogens with zero attached hydrogens (tertiary/aromatic N) is 1. The van der Waals surface area contributed by atoms with Crippen molar-refractivity contribution in [3.8, 4) is 33.5 Å². The molecule has 0 bridgehead atoms. The van der Waals surface area contributed by atoms with Gasteiger partial charge in [0.25, 0.3) is 0 Å². The van der Waals surface area contributed by atoms with E-state index in [4.69, 9.17) is 0 Å². The van der Waals surface area contributed by atoms with Crippen molar-refractivity contribution in [1.29, 1.82) is 0 Å². The van der Waals surface area contributed by atoms with Crippen LogP contribution in [0.5, 0.6) is 0 Å². The van der Waals surface area contributed by atoms with Gasteiger partial charge < -0.3 is 0 Å². The molecule has 0 fully saturated rings. The number of hydrogen-bond donors (Lipinski definition) is 0. The molecule has 0 atom stereocenters. The Kier molecular flexibility index (Phi) is 6.23. The summed E-state index contributed by atoms with van der Waals surface area (Å²) in [5.41, 5.74) is 8.59. The van der Waals surface area contributed by atoms with Gasteiger partial charge >= 0.3 is 33.0 Å². The molecule has 39 heavy (non-hydrogen) atoms. The minimum absolute atomic E-state index is 1.21. The fraction of sp³-hybridized carbons (Fsp3) is 0. The van der Waals surface area contributed by atoms with E-state index in [9.17, 15) is 25.2 Å². The minimum Gasteiger partial charge on any atom is -0.158 e. The molecule has 2 aromatic heterocycles. The van der Waals surface area contributed by atoms with Crippen LogP contribution < -0.4 is 4.40 Å². The van der Waals surface area contributed by atoms with Crippen LogP contribution in [0.3, 0.4) is 0 Å². The number of hydrogen-bond acceptors (Lipinski definition) is 0. The van der Waals surface area contributed by atoms with E-state index in [1.807, 2.05) is 0 Å². The molecule has 0 spiro atoms. The summed E-state index contributed by atoms with van der Waals surface area (Å²) in [6, 6.07) is 45.3. The molecule has 0 amide bonds. The van der Waals surface area contributed by atoms with Gasteiger partial charge in [0.05, 0.1) is 16.5 Å². The normalized spacial score (nSPS) is 13.3. The first-order valence-electron chi connectivity index (χ1n) is 12.0. The van der Waals surface area contributed by atoms with Gasteiger partial charge in [-0.15, -0.1) is 0 Å². The van der Waals surface area contributed by atoms with Gasteiger partial charge in [0, 0.05) is 17.0 Å². The standard InChI is InChI=1S/C31H22N.F6P/c1-4-13-23(14-5-1)26-21-12-22-32-30(25-17-8-3-9-18-25)29(24-15-6-2-7-16-24)27-19-10-11-20-28(27)31(26)32;1-7(2,3,4,5)6/h1-22H;/q+1;-1. The predicted octanol–water partition coefficient (Wildman–Crippen LogP) is 11.0. The summed E-state index contributed by atoms with van der Waals surface area (Å²) < 4.78 is 61.6. The maximum atomic E-state index is 9.87. The number of rotatable bonds is 3. The third-order valence-corrected chi connectivity index (χ3v) is 6.12. The van der Waals surface area contributed by atoms with Crippen molar-refractivity contribution in [2.75, 3.05) is 0 Å².